The molecular formula is C18H21F4N3O2S2. The maximum atomic E-state index is 14.9. The lowest BCUT2D eigenvalue weighted by Crippen LogP contribution is -2.61. The second kappa shape index (κ2) is 6.90. The van der Waals surface area contributed by atoms with Crippen LogP contribution < -0.4 is 11.5 Å². The monoisotopic (exact) mass is 451 g/mol. The van der Waals surface area contributed by atoms with Crippen LogP contribution in [0.3, 0.4) is 0 Å². The van der Waals surface area contributed by atoms with E-state index in [1.807, 2.05) is 0 Å². The van der Waals surface area contributed by atoms with Gasteiger partial charge in [-0.3, -0.25) is 4.99 Å². The number of amidine groups is 1. The van der Waals surface area contributed by atoms with Crippen LogP contribution in [0.2, 0.25) is 0 Å². The van der Waals surface area contributed by atoms with Gasteiger partial charge in [0.15, 0.2) is 9.84 Å². The van der Waals surface area contributed by atoms with Gasteiger partial charge in [0.1, 0.15) is 16.8 Å². The molecule has 0 aromatic heterocycles. The highest BCUT2D eigenvalue weighted by Crippen LogP contribution is 2.49. The summed E-state index contributed by atoms with van der Waals surface area (Å²) in [6, 6.07) is 6.78. The Morgan fingerprint density at radius 3 is 2.48 bits per heavy atom. The third kappa shape index (κ3) is 3.98. The van der Waals surface area contributed by atoms with Crippen molar-refractivity contribution in [1.29, 1.82) is 0 Å². The standard InChI is InChI=1S/C18H21F4N3O2S2/c1-16(9-29(26,27)17(2,15(24)25-16)8-18(20,21)22)14-12(19)7-13(28-14)10-4-3-5-11(23)6-10/h3-7,12,14H,8-9,23H2,1-2H3,(H2,24,25)/t12?,14?,16-,17+/m0/s1. The van der Waals surface area contributed by atoms with Crippen LogP contribution in [-0.4, -0.2) is 47.9 Å². The summed E-state index contributed by atoms with van der Waals surface area (Å²) in [6.45, 7) is 2.32. The van der Waals surface area contributed by atoms with Crippen LogP contribution in [0.5, 0.6) is 0 Å². The van der Waals surface area contributed by atoms with Gasteiger partial charge < -0.3 is 11.5 Å². The highest BCUT2D eigenvalue weighted by molar-refractivity contribution is 8.09. The molecule has 3 rings (SSSR count). The van der Waals surface area contributed by atoms with Crippen molar-refractivity contribution < 1.29 is 26.0 Å². The average Bonchev–Trinajstić information content (AvgIpc) is 2.94. The molecule has 5 nitrogen and oxygen atoms in total. The van der Waals surface area contributed by atoms with E-state index in [1.165, 1.54) is 13.0 Å². The number of sulfone groups is 1. The third-order valence-corrected chi connectivity index (χ3v) is 9.60. The number of thioether (sulfide) groups is 1. The van der Waals surface area contributed by atoms with Crippen molar-refractivity contribution >= 4 is 38.0 Å². The summed E-state index contributed by atoms with van der Waals surface area (Å²) >= 11 is 1.08. The van der Waals surface area contributed by atoms with E-state index in [4.69, 9.17) is 11.5 Å². The van der Waals surface area contributed by atoms with Gasteiger partial charge >= 0.3 is 6.18 Å². The number of hydrogen-bond donors (Lipinski definition) is 2. The van der Waals surface area contributed by atoms with E-state index in [1.54, 1.807) is 24.3 Å². The van der Waals surface area contributed by atoms with E-state index in [2.05, 4.69) is 4.99 Å². The number of alkyl halides is 4. The SMILES string of the molecule is C[C@@]1(C2SC(c3cccc(N)c3)=CC2F)CS(=O)(=O)[C@](C)(CC(F)(F)F)C(N)=N1. The van der Waals surface area contributed by atoms with Crippen molar-refractivity contribution in [2.24, 2.45) is 10.7 Å². The molecule has 0 amide bonds. The fraction of sp³-hybridized carbons (Fsp3) is 0.500. The number of benzene rings is 1. The fourth-order valence-electron chi connectivity index (χ4n) is 3.66. The van der Waals surface area contributed by atoms with Crippen molar-refractivity contribution in [1.82, 2.24) is 0 Å². The molecule has 0 fully saturated rings. The molecule has 11 heteroatoms. The molecule has 2 heterocycles. The van der Waals surface area contributed by atoms with Crippen molar-refractivity contribution in [3.63, 3.8) is 0 Å². The summed E-state index contributed by atoms with van der Waals surface area (Å²) in [4.78, 5) is 4.68. The number of nitrogens with two attached hydrogens (primary N) is 2. The zero-order valence-corrected chi connectivity index (χ0v) is 17.3. The lowest BCUT2D eigenvalue weighted by Gasteiger charge is -2.42. The number of nitrogens with zero attached hydrogens (tertiary/aromatic N) is 1. The molecule has 0 spiro atoms. The summed E-state index contributed by atoms with van der Waals surface area (Å²) in [7, 11) is -4.36. The maximum Gasteiger partial charge on any atom is 0.391 e. The number of anilines is 1. The zero-order chi connectivity index (χ0) is 21.8. The minimum atomic E-state index is -4.75. The van der Waals surface area contributed by atoms with Crippen LogP contribution in [-0.2, 0) is 9.84 Å². The first kappa shape index (κ1) is 21.9. The summed E-state index contributed by atoms with van der Waals surface area (Å²) < 4.78 is 77.1. The number of aliphatic imine (C=N–C) groups is 1. The van der Waals surface area contributed by atoms with Gasteiger partial charge in [0.2, 0.25) is 0 Å². The van der Waals surface area contributed by atoms with Crippen molar-refractivity contribution in [3.8, 4) is 0 Å². The average molecular weight is 452 g/mol. The van der Waals surface area contributed by atoms with Gasteiger partial charge in [-0.15, -0.1) is 11.8 Å². The van der Waals surface area contributed by atoms with Gasteiger partial charge in [-0.2, -0.15) is 13.2 Å². The van der Waals surface area contributed by atoms with E-state index in [-0.39, 0.29) is 0 Å². The summed E-state index contributed by atoms with van der Waals surface area (Å²) in [5.74, 6) is -1.38. The molecule has 2 unspecified atom stereocenters. The fourth-order valence-corrected chi connectivity index (χ4v) is 7.19. The molecule has 2 aliphatic rings. The van der Waals surface area contributed by atoms with Gasteiger partial charge in [-0.1, -0.05) is 12.1 Å². The van der Waals surface area contributed by atoms with Gasteiger partial charge in [0.05, 0.1) is 23.0 Å². The lowest BCUT2D eigenvalue weighted by atomic mass is 9.95. The number of allylic oxidation sites excluding steroid dienone is 1. The molecular weight excluding hydrogens is 430 g/mol. The van der Waals surface area contributed by atoms with Crippen molar-refractivity contribution in [2.75, 3.05) is 11.5 Å². The van der Waals surface area contributed by atoms with Gasteiger partial charge in [0, 0.05) is 10.6 Å². The van der Waals surface area contributed by atoms with Gasteiger partial charge in [-0.25, -0.2) is 12.8 Å². The van der Waals surface area contributed by atoms with Gasteiger partial charge in [-0.05, 0) is 37.6 Å². The Kier molecular flexibility index (Phi) is 5.22. The Labute approximate surface area is 170 Å². The number of rotatable bonds is 3. The molecule has 0 saturated heterocycles. The number of nitrogen functional groups attached to an aromatic ring is 1. The Bertz CT molecular complexity index is 993. The molecule has 1 aromatic carbocycles. The van der Waals surface area contributed by atoms with Gasteiger partial charge in [0.25, 0.3) is 0 Å². The lowest BCUT2D eigenvalue weighted by molar-refractivity contribution is -0.137. The molecule has 0 bridgehead atoms. The molecule has 29 heavy (non-hydrogen) atoms. The second-order valence-electron chi connectivity index (χ2n) is 7.78. The smallest absolute Gasteiger partial charge is 0.391 e. The summed E-state index contributed by atoms with van der Waals surface area (Å²) in [5.41, 5.74) is 11.2. The quantitative estimate of drug-likeness (QED) is 0.543. The van der Waals surface area contributed by atoms with E-state index in [0.29, 0.717) is 16.2 Å². The normalized spacial score (nSPS) is 34.6. The van der Waals surface area contributed by atoms with Crippen molar-refractivity contribution in [2.45, 2.75) is 48.2 Å². The van der Waals surface area contributed by atoms with Crippen LogP contribution in [0.4, 0.5) is 23.2 Å². The predicted molar refractivity (Wildman–Crippen MR) is 108 cm³/mol. The summed E-state index contributed by atoms with van der Waals surface area (Å²) in [6.07, 6.45) is -6.60. The highest BCUT2D eigenvalue weighted by atomic mass is 32.2. The Morgan fingerprint density at radius 1 is 1.28 bits per heavy atom. The Hall–Kier alpha value is -1.75. The highest BCUT2D eigenvalue weighted by Gasteiger charge is 2.58. The first-order valence-electron chi connectivity index (χ1n) is 8.70. The first-order chi connectivity index (χ1) is 13.2. The molecule has 0 radical (unpaired) electrons. The molecule has 0 aliphatic carbocycles. The molecule has 0 saturated carbocycles. The molecule has 160 valence electrons. The van der Waals surface area contributed by atoms with Crippen LogP contribution in [0.15, 0.2) is 35.3 Å². The van der Waals surface area contributed by atoms with E-state index in [0.717, 1.165) is 18.7 Å². The minimum Gasteiger partial charge on any atom is -0.399 e. The Balaban J connectivity index is 1.95. The van der Waals surface area contributed by atoms with Crippen LogP contribution in [0, 0.1) is 0 Å². The number of halogens is 4. The molecule has 2 aliphatic heterocycles. The Morgan fingerprint density at radius 2 is 1.93 bits per heavy atom. The van der Waals surface area contributed by atoms with E-state index in [9.17, 15) is 26.0 Å². The number of hydrogen-bond acceptors (Lipinski definition) is 6. The molecule has 1 aromatic rings. The van der Waals surface area contributed by atoms with Crippen LogP contribution in [0.25, 0.3) is 4.91 Å². The first-order valence-corrected chi connectivity index (χ1v) is 11.2. The summed E-state index contributed by atoms with van der Waals surface area (Å²) in [5, 5.41) is -0.956. The predicted octanol–water partition coefficient (Wildman–Crippen LogP) is 3.32. The molecule has 4 atom stereocenters. The van der Waals surface area contributed by atoms with Crippen molar-refractivity contribution in [3.05, 3.63) is 35.9 Å². The van der Waals surface area contributed by atoms with E-state index >= 15 is 0 Å². The van der Waals surface area contributed by atoms with Crippen LogP contribution in [0.1, 0.15) is 25.8 Å². The topological polar surface area (TPSA) is 98.5 Å². The van der Waals surface area contributed by atoms with Crippen LogP contribution >= 0.6 is 11.8 Å². The minimum absolute atomic E-state index is 0.486. The largest absolute Gasteiger partial charge is 0.399 e. The maximum absolute atomic E-state index is 14.9. The third-order valence-electron chi connectivity index (χ3n) is 5.26. The second-order valence-corrected chi connectivity index (χ2v) is 11.4. The zero-order valence-electron chi connectivity index (χ0n) is 15.7. The van der Waals surface area contributed by atoms with E-state index < -0.39 is 55.7 Å². The molecule has 4 N–H and O–H groups in total.